The van der Waals surface area contributed by atoms with Crippen molar-refractivity contribution < 1.29 is 4.39 Å². The van der Waals surface area contributed by atoms with E-state index in [1.807, 2.05) is 12.1 Å². The van der Waals surface area contributed by atoms with Crippen LogP contribution in [0.3, 0.4) is 0 Å². The van der Waals surface area contributed by atoms with Crippen molar-refractivity contribution in [2.75, 3.05) is 14.1 Å². The zero-order valence-corrected chi connectivity index (χ0v) is 10.6. The van der Waals surface area contributed by atoms with Crippen LogP contribution < -0.4 is 0 Å². The fourth-order valence-electron chi connectivity index (χ4n) is 4.16. The van der Waals surface area contributed by atoms with Gasteiger partial charge >= 0.3 is 0 Å². The van der Waals surface area contributed by atoms with Crippen LogP contribution in [0.4, 0.5) is 4.39 Å². The second kappa shape index (κ2) is 4.09. The molecule has 1 aromatic rings. The molecule has 0 saturated heterocycles. The molecule has 0 amide bonds. The van der Waals surface area contributed by atoms with Crippen LogP contribution in [0, 0.1) is 17.7 Å². The summed E-state index contributed by atoms with van der Waals surface area (Å²) in [6, 6.07) is 7.83. The van der Waals surface area contributed by atoms with Gasteiger partial charge in [0.05, 0.1) is 0 Å². The normalized spacial score (nSPS) is 35.8. The van der Waals surface area contributed by atoms with Gasteiger partial charge in [0.15, 0.2) is 0 Å². The molecule has 0 spiro atoms. The van der Waals surface area contributed by atoms with Gasteiger partial charge in [0.1, 0.15) is 5.82 Å². The summed E-state index contributed by atoms with van der Waals surface area (Å²) in [5.74, 6) is 2.16. The Morgan fingerprint density at radius 2 is 1.71 bits per heavy atom. The van der Waals surface area contributed by atoms with Crippen LogP contribution in [0.1, 0.15) is 30.7 Å². The third-order valence-corrected chi connectivity index (χ3v) is 4.72. The minimum Gasteiger partial charge on any atom is -0.306 e. The zero-order chi connectivity index (χ0) is 12.0. The number of rotatable bonds is 2. The molecular weight excluding hydrogens is 213 g/mol. The van der Waals surface area contributed by atoms with Crippen molar-refractivity contribution in [2.24, 2.45) is 11.8 Å². The molecule has 0 aromatic heterocycles. The molecule has 17 heavy (non-hydrogen) atoms. The average molecular weight is 233 g/mol. The lowest BCUT2D eigenvalue weighted by atomic mass is 9.79. The van der Waals surface area contributed by atoms with Crippen molar-refractivity contribution in [3.63, 3.8) is 0 Å². The Bertz CT molecular complexity index is 398. The standard InChI is InChI=1S/C15H20FN/c1-17(2)15-12-4-3-11(9-12)14(15)10-5-7-13(16)8-6-10/h5-8,11-12,14-15H,3-4,9H2,1-2H3. The first kappa shape index (κ1) is 11.2. The highest BCUT2D eigenvalue weighted by atomic mass is 19.1. The second-order valence-corrected chi connectivity index (χ2v) is 5.86. The number of fused-ring (bicyclic) bond motifs is 2. The molecule has 2 aliphatic rings. The summed E-state index contributed by atoms with van der Waals surface area (Å²) in [5.41, 5.74) is 1.33. The highest BCUT2D eigenvalue weighted by molar-refractivity contribution is 5.26. The lowest BCUT2D eigenvalue weighted by Crippen LogP contribution is -2.38. The minimum atomic E-state index is -0.127. The first-order chi connectivity index (χ1) is 8.16. The van der Waals surface area contributed by atoms with Crippen LogP contribution in [-0.4, -0.2) is 25.0 Å². The van der Waals surface area contributed by atoms with Gasteiger partial charge in [-0.1, -0.05) is 12.1 Å². The third-order valence-electron chi connectivity index (χ3n) is 4.72. The molecule has 0 N–H and O–H groups in total. The van der Waals surface area contributed by atoms with Gasteiger partial charge in [-0.05, 0) is 62.9 Å². The van der Waals surface area contributed by atoms with E-state index in [-0.39, 0.29) is 5.82 Å². The zero-order valence-electron chi connectivity index (χ0n) is 10.6. The van der Waals surface area contributed by atoms with Crippen molar-refractivity contribution in [2.45, 2.75) is 31.2 Å². The number of likely N-dealkylation sites (N-methyl/N-ethyl adjacent to an activating group) is 1. The molecule has 92 valence electrons. The van der Waals surface area contributed by atoms with Crippen molar-refractivity contribution >= 4 is 0 Å². The maximum absolute atomic E-state index is 13.0. The smallest absolute Gasteiger partial charge is 0.123 e. The Morgan fingerprint density at radius 3 is 2.35 bits per heavy atom. The molecule has 1 aromatic carbocycles. The van der Waals surface area contributed by atoms with Gasteiger partial charge in [0, 0.05) is 12.0 Å². The SMILES string of the molecule is CN(C)C1C2CCC(C2)C1c1ccc(F)cc1. The van der Waals surface area contributed by atoms with Crippen molar-refractivity contribution in [3.05, 3.63) is 35.6 Å². The number of halogens is 1. The summed E-state index contributed by atoms with van der Waals surface area (Å²) in [4.78, 5) is 2.37. The monoisotopic (exact) mass is 233 g/mol. The van der Waals surface area contributed by atoms with E-state index >= 15 is 0 Å². The van der Waals surface area contributed by atoms with Gasteiger partial charge in [-0.3, -0.25) is 0 Å². The lowest BCUT2D eigenvalue weighted by molar-refractivity contribution is 0.185. The van der Waals surface area contributed by atoms with Gasteiger partial charge < -0.3 is 4.90 Å². The molecule has 2 aliphatic carbocycles. The maximum atomic E-state index is 13.0. The number of hydrogen-bond acceptors (Lipinski definition) is 1. The summed E-state index contributed by atoms with van der Waals surface area (Å²) in [6.07, 6.45) is 4.10. The van der Waals surface area contributed by atoms with Gasteiger partial charge in [-0.2, -0.15) is 0 Å². The molecular formula is C15H20FN. The Labute approximate surface area is 103 Å². The summed E-state index contributed by atoms with van der Waals surface area (Å²) in [5, 5.41) is 0. The molecule has 2 fully saturated rings. The largest absolute Gasteiger partial charge is 0.306 e. The Hall–Kier alpha value is -0.890. The van der Waals surface area contributed by atoms with Crippen molar-refractivity contribution in [3.8, 4) is 0 Å². The molecule has 0 aliphatic heterocycles. The van der Waals surface area contributed by atoms with E-state index < -0.39 is 0 Å². The van der Waals surface area contributed by atoms with Crippen LogP contribution in [0.15, 0.2) is 24.3 Å². The Balaban J connectivity index is 1.93. The number of hydrogen-bond donors (Lipinski definition) is 0. The fraction of sp³-hybridized carbons (Fsp3) is 0.600. The van der Waals surface area contributed by atoms with Crippen molar-refractivity contribution in [1.82, 2.24) is 4.90 Å². The molecule has 2 saturated carbocycles. The highest BCUT2D eigenvalue weighted by Crippen LogP contribution is 2.54. The molecule has 0 heterocycles. The van der Waals surface area contributed by atoms with Crippen LogP contribution in [0.5, 0.6) is 0 Å². The van der Waals surface area contributed by atoms with Crippen molar-refractivity contribution in [1.29, 1.82) is 0 Å². The first-order valence-corrected chi connectivity index (χ1v) is 6.58. The summed E-state index contributed by atoms with van der Waals surface area (Å²) in [7, 11) is 4.36. The van der Waals surface area contributed by atoms with Gasteiger partial charge in [0.2, 0.25) is 0 Å². The van der Waals surface area contributed by atoms with Crippen LogP contribution in [-0.2, 0) is 0 Å². The van der Waals surface area contributed by atoms with E-state index in [9.17, 15) is 4.39 Å². The van der Waals surface area contributed by atoms with Crippen LogP contribution in [0.2, 0.25) is 0 Å². The highest BCUT2D eigenvalue weighted by Gasteiger charge is 2.48. The van der Waals surface area contributed by atoms with Gasteiger partial charge in [-0.25, -0.2) is 4.39 Å². The topological polar surface area (TPSA) is 3.24 Å². The predicted octanol–water partition coefficient (Wildman–Crippen LogP) is 3.27. The average Bonchev–Trinajstić information content (AvgIpc) is 2.89. The fourth-order valence-corrected chi connectivity index (χ4v) is 4.16. The number of nitrogens with zero attached hydrogens (tertiary/aromatic N) is 1. The molecule has 3 rings (SSSR count). The number of benzene rings is 1. The predicted molar refractivity (Wildman–Crippen MR) is 67.4 cm³/mol. The molecule has 2 heteroatoms. The molecule has 4 atom stereocenters. The lowest BCUT2D eigenvalue weighted by Gasteiger charge is -2.36. The van der Waals surface area contributed by atoms with E-state index in [0.717, 1.165) is 11.8 Å². The molecule has 1 nitrogen and oxygen atoms in total. The van der Waals surface area contributed by atoms with E-state index in [1.54, 1.807) is 12.1 Å². The van der Waals surface area contributed by atoms with E-state index in [1.165, 1.54) is 24.8 Å². The molecule has 0 radical (unpaired) electrons. The van der Waals surface area contributed by atoms with E-state index in [4.69, 9.17) is 0 Å². The summed E-state index contributed by atoms with van der Waals surface area (Å²) in [6.45, 7) is 0. The Kier molecular flexibility index (Phi) is 2.70. The molecule has 2 bridgehead atoms. The molecule has 4 unspecified atom stereocenters. The van der Waals surface area contributed by atoms with Gasteiger partial charge in [-0.15, -0.1) is 0 Å². The maximum Gasteiger partial charge on any atom is 0.123 e. The van der Waals surface area contributed by atoms with Gasteiger partial charge in [0.25, 0.3) is 0 Å². The third kappa shape index (κ3) is 1.79. The summed E-state index contributed by atoms with van der Waals surface area (Å²) < 4.78 is 13.0. The van der Waals surface area contributed by atoms with E-state index in [2.05, 4.69) is 19.0 Å². The minimum absolute atomic E-state index is 0.127. The second-order valence-electron chi connectivity index (χ2n) is 5.86. The first-order valence-electron chi connectivity index (χ1n) is 6.58. The van der Waals surface area contributed by atoms with Crippen LogP contribution >= 0.6 is 0 Å². The summed E-state index contributed by atoms with van der Waals surface area (Å²) >= 11 is 0. The van der Waals surface area contributed by atoms with E-state index in [0.29, 0.717) is 12.0 Å². The van der Waals surface area contributed by atoms with Crippen LogP contribution in [0.25, 0.3) is 0 Å². The Morgan fingerprint density at radius 1 is 1.06 bits per heavy atom. The quantitative estimate of drug-likeness (QED) is 0.758.